The monoisotopic (exact) mass is 325 g/mol. The fourth-order valence-electron chi connectivity index (χ4n) is 3.09. The van der Waals surface area contributed by atoms with Crippen LogP contribution in [-0.4, -0.2) is 25.0 Å². The molecule has 0 aromatic heterocycles. The van der Waals surface area contributed by atoms with Crippen molar-refractivity contribution >= 4 is 11.9 Å². The summed E-state index contributed by atoms with van der Waals surface area (Å²) in [6.45, 7) is 0. The summed E-state index contributed by atoms with van der Waals surface area (Å²) in [6.07, 6.45) is 4.69. The van der Waals surface area contributed by atoms with Gasteiger partial charge in [-0.3, -0.25) is 4.79 Å². The molecule has 0 aliphatic heterocycles. The molecule has 4 nitrogen and oxygen atoms in total. The number of carbonyl (C=O) groups is 2. The first-order valence-corrected chi connectivity index (χ1v) is 7.81. The Hall–Kier alpha value is -1.98. The standard InChI is InChI=1S/C17H21F2NO3/c1-23-17(22)16(12-5-3-2-4-6-12)20-15(21)9-11-7-13(18)10-14(19)8-11/h7-8,10,12,16H,2-6,9H2,1H3,(H,20,21)/t16-/m1/s1. The van der Waals surface area contributed by atoms with Gasteiger partial charge in [0.2, 0.25) is 5.91 Å². The first kappa shape index (κ1) is 17.4. The molecule has 0 bridgehead atoms. The minimum atomic E-state index is -0.732. The largest absolute Gasteiger partial charge is 0.467 e. The summed E-state index contributed by atoms with van der Waals surface area (Å²) in [4.78, 5) is 24.1. The Kier molecular flexibility index (Phi) is 6.07. The van der Waals surface area contributed by atoms with Gasteiger partial charge in [-0.05, 0) is 36.5 Å². The minimum Gasteiger partial charge on any atom is -0.467 e. The predicted octanol–water partition coefficient (Wildman–Crippen LogP) is 2.75. The Morgan fingerprint density at radius 2 is 1.78 bits per heavy atom. The van der Waals surface area contributed by atoms with E-state index in [4.69, 9.17) is 4.74 Å². The van der Waals surface area contributed by atoms with Crippen LogP contribution in [0.25, 0.3) is 0 Å². The Balaban J connectivity index is 2.03. The number of ether oxygens (including phenoxy) is 1. The Morgan fingerprint density at radius 1 is 1.17 bits per heavy atom. The van der Waals surface area contributed by atoms with Crippen LogP contribution < -0.4 is 5.32 Å². The maximum Gasteiger partial charge on any atom is 0.328 e. The number of carbonyl (C=O) groups excluding carboxylic acids is 2. The zero-order chi connectivity index (χ0) is 16.8. The highest BCUT2D eigenvalue weighted by molar-refractivity contribution is 5.85. The van der Waals surface area contributed by atoms with Crippen molar-refractivity contribution in [1.82, 2.24) is 5.32 Å². The van der Waals surface area contributed by atoms with Crippen LogP contribution in [0.2, 0.25) is 0 Å². The predicted molar refractivity (Wildman–Crippen MR) is 80.6 cm³/mol. The average molecular weight is 325 g/mol. The van der Waals surface area contributed by atoms with Crippen molar-refractivity contribution in [3.8, 4) is 0 Å². The van der Waals surface area contributed by atoms with Crippen LogP contribution in [0, 0.1) is 17.6 Å². The highest BCUT2D eigenvalue weighted by Crippen LogP contribution is 2.27. The lowest BCUT2D eigenvalue weighted by Crippen LogP contribution is -2.47. The van der Waals surface area contributed by atoms with Gasteiger partial charge in [-0.15, -0.1) is 0 Å². The molecule has 1 aromatic rings. The smallest absolute Gasteiger partial charge is 0.328 e. The molecular weight excluding hydrogens is 304 g/mol. The number of amides is 1. The molecule has 23 heavy (non-hydrogen) atoms. The van der Waals surface area contributed by atoms with Crippen LogP contribution in [-0.2, 0) is 20.7 Å². The van der Waals surface area contributed by atoms with Crippen LogP contribution in [0.5, 0.6) is 0 Å². The molecule has 1 N–H and O–H groups in total. The van der Waals surface area contributed by atoms with Crippen molar-refractivity contribution in [2.75, 3.05) is 7.11 Å². The minimum absolute atomic E-state index is 0.0457. The van der Waals surface area contributed by atoms with E-state index in [1.54, 1.807) is 0 Å². The maximum absolute atomic E-state index is 13.2. The van der Waals surface area contributed by atoms with E-state index in [2.05, 4.69) is 5.32 Å². The Labute approximate surface area is 134 Å². The van der Waals surface area contributed by atoms with E-state index in [1.807, 2.05) is 0 Å². The first-order chi connectivity index (χ1) is 11.0. The molecule has 0 spiro atoms. The summed E-state index contributed by atoms with van der Waals surface area (Å²) in [5.74, 6) is -2.34. The number of halogens is 2. The summed E-state index contributed by atoms with van der Waals surface area (Å²) in [5.41, 5.74) is 0.229. The first-order valence-electron chi connectivity index (χ1n) is 7.81. The highest BCUT2D eigenvalue weighted by Gasteiger charge is 2.31. The van der Waals surface area contributed by atoms with Crippen molar-refractivity contribution in [2.24, 2.45) is 5.92 Å². The topological polar surface area (TPSA) is 55.4 Å². The number of hydrogen-bond donors (Lipinski definition) is 1. The van der Waals surface area contributed by atoms with Crippen molar-refractivity contribution in [2.45, 2.75) is 44.6 Å². The molecular formula is C17H21F2NO3. The van der Waals surface area contributed by atoms with E-state index in [1.165, 1.54) is 7.11 Å². The number of methoxy groups -OCH3 is 1. The molecule has 0 saturated heterocycles. The van der Waals surface area contributed by atoms with Gasteiger partial charge in [-0.2, -0.15) is 0 Å². The van der Waals surface area contributed by atoms with E-state index < -0.39 is 29.6 Å². The maximum atomic E-state index is 13.2. The van der Waals surface area contributed by atoms with Crippen molar-refractivity contribution in [1.29, 1.82) is 0 Å². The van der Waals surface area contributed by atoms with Crippen LogP contribution in [0.15, 0.2) is 18.2 Å². The second-order valence-corrected chi connectivity index (χ2v) is 5.92. The summed E-state index contributed by atoms with van der Waals surface area (Å²) in [5, 5.41) is 2.67. The number of esters is 1. The third-order valence-corrected chi connectivity index (χ3v) is 4.18. The van der Waals surface area contributed by atoms with Crippen molar-refractivity contribution in [3.63, 3.8) is 0 Å². The van der Waals surface area contributed by atoms with E-state index in [0.717, 1.165) is 50.3 Å². The molecule has 1 amide bonds. The lowest BCUT2D eigenvalue weighted by molar-refractivity contribution is -0.147. The normalized spacial score (nSPS) is 16.7. The van der Waals surface area contributed by atoms with Crippen LogP contribution in [0.3, 0.4) is 0 Å². The van der Waals surface area contributed by atoms with Crippen molar-refractivity contribution in [3.05, 3.63) is 35.4 Å². The van der Waals surface area contributed by atoms with E-state index in [0.29, 0.717) is 0 Å². The van der Waals surface area contributed by atoms with Gasteiger partial charge in [-0.25, -0.2) is 13.6 Å². The molecule has 1 saturated carbocycles. The molecule has 0 heterocycles. The lowest BCUT2D eigenvalue weighted by atomic mass is 9.83. The zero-order valence-corrected chi connectivity index (χ0v) is 13.1. The molecule has 126 valence electrons. The molecule has 1 aliphatic carbocycles. The molecule has 1 atom stereocenters. The summed E-state index contributed by atoms with van der Waals surface area (Å²) >= 11 is 0. The molecule has 1 aliphatic rings. The summed E-state index contributed by atoms with van der Waals surface area (Å²) in [6, 6.07) is 2.26. The van der Waals surface area contributed by atoms with Crippen LogP contribution >= 0.6 is 0 Å². The number of rotatable bonds is 5. The quantitative estimate of drug-likeness (QED) is 0.847. The fourth-order valence-corrected chi connectivity index (χ4v) is 3.09. The summed E-state index contributed by atoms with van der Waals surface area (Å²) in [7, 11) is 1.28. The number of benzene rings is 1. The van der Waals surface area contributed by atoms with E-state index in [9.17, 15) is 18.4 Å². The molecule has 1 fully saturated rings. The zero-order valence-electron chi connectivity index (χ0n) is 13.1. The van der Waals surface area contributed by atoms with Gasteiger partial charge in [0.25, 0.3) is 0 Å². The van der Waals surface area contributed by atoms with E-state index >= 15 is 0 Å². The molecule has 2 rings (SSSR count). The fraction of sp³-hybridized carbons (Fsp3) is 0.529. The third kappa shape index (κ3) is 5.01. The van der Waals surface area contributed by atoms with Crippen LogP contribution in [0.1, 0.15) is 37.7 Å². The third-order valence-electron chi connectivity index (χ3n) is 4.18. The Bertz CT molecular complexity index is 551. The van der Waals surface area contributed by atoms with Gasteiger partial charge in [0.1, 0.15) is 17.7 Å². The van der Waals surface area contributed by atoms with Gasteiger partial charge in [-0.1, -0.05) is 19.3 Å². The molecule has 0 radical (unpaired) electrons. The number of hydrogen-bond acceptors (Lipinski definition) is 3. The van der Waals surface area contributed by atoms with Gasteiger partial charge in [0.15, 0.2) is 0 Å². The lowest BCUT2D eigenvalue weighted by Gasteiger charge is -2.29. The molecule has 1 aromatic carbocycles. The van der Waals surface area contributed by atoms with Gasteiger partial charge in [0, 0.05) is 6.07 Å². The Morgan fingerprint density at radius 3 is 2.35 bits per heavy atom. The highest BCUT2D eigenvalue weighted by atomic mass is 19.1. The van der Waals surface area contributed by atoms with Crippen LogP contribution in [0.4, 0.5) is 8.78 Å². The second-order valence-electron chi connectivity index (χ2n) is 5.92. The van der Waals surface area contributed by atoms with Crippen molar-refractivity contribution < 1.29 is 23.1 Å². The SMILES string of the molecule is COC(=O)[C@H](NC(=O)Cc1cc(F)cc(F)c1)C1CCCCC1. The summed E-state index contributed by atoms with van der Waals surface area (Å²) < 4.78 is 31.1. The van der Waals surface area contributed by atoms with E-state index in [-0.39, 0.29) is 17.9 Å². The second kappa shape index (κ2) is 8.04. The van der Waals surface area contributed by atoms with Gasteiger partial charge < -0.3 is 10.1 Å². The average Bonchev–Trinajstić information content (AvgIpc) is 2.51. The molecule has 0 unspecified atom stereocenters. The van der Waals surface area contributed by atoms with Gasteiger partial charge in [0.05, 0.1) is 13.5 Å². The van der Waals surface area contributed by atoms with Gasteiger partial charge >= 0.3 is 5.97 Å². The molecule has 6 heteroatoms. The number of nitrogens with one attached hydrogen (secondary N) is 1.